The molecule has 0 bridgehead atoms. The van der Waals surface area contributed by atoms with Gasteiger partial charge >= 0.3 is 0 Å². The summed E-state index contributed by atoms with van der Waals surface area (Å²) in [6.45, 7) is 6.31. The summed E-state index contributed by atoms with van der Waals surface area (Å²) in [5.74, 6) is 2.20. The second-order valence-electron chi connectivity index (χ2n) is 7.23. The first-order valence-corrected chi connectivity index (χ1v) is 8.75. The van der Waals surface area contributed by atoms with Crippen molar-refractivity contribution in [2.45, 2.75) is 58.3 Å². The third kappa shape index (κ3) is 2.61. The van der Waals surface area contributed by atoms with E-state index in [2.05, 4.69) is 17.1 Å². The van der Waals surface area contributed by atoms with Crippen molar-refractivity contribution in [1.82, 2.24) is 10.2 Å². The Morgan fingerprint density at radius 1 is 1.15 bits per heavy atom. The molecule has 20 heavy (non-hydrogen) atoms. The molecule has 114 valence electrons. The predicted octanol–water partition coefficient (Wildman–Crippen LogP) is 2.80. The fourth-order valence-corrected chi connectivity index (χ4v) is 4.74. The van der Waals surface area contributed by atoms with Crippen LogP contribution < -0.4 is 5.32 Å². The van der Waals surface area contributed by atoms with Crippen LogP contribution in [0.15, 0.2) is 0 Å². The Balaban J connectivity index is 1.67. The second-order valence-corrected chi connectivity index (χ2v) is 7.23. The van der Waals surface area contributed by atoms with E-state index in [0.717, 1.165) is 57.3 Å². The summed E-state index contributed by atoms with van der Waals surface area (Å²) in [6.07, 6.45) is 9.91. The van der Waals surface area contributed by atoms with Crippen LogP contribution in [-0.2, 0) is 4.79 Å². The molecule has 0 aromatic carbocycles. The highest BCUT2D eigenvalue weighted by Crippen LogP contribution is 2.40. The van der Waals surface area contributed by atoms with Crippen molar-refractivity contribution in [3.8, 4) is 0 Å². The predicted molar refractivity (Wildman–Crippen MR) is 81.5 cm³/mol. The topological polar surface area (TPSA) is 32.3 Å². The summed E-state index contributed by atoms with van der Waals surface area (Å²) >= 11 is 0. The number of likely N-dealkylation sites (tertiary alicyclic amines) is 1. The Kier molecular flexibility index (Phi) is 4.34. The van der Waals surface area contributed by atoms with Gasteiger partial charge < -0.3 is 10.2 Å². The molecule has 3 heteroatoms. The number of fused-ring (bicyclic) bond motifs is 1. The first kappa shape index (κ1) is 14.4. The molecule has 3 aliphatic rings. The van der Waals surface area contributed by atoms with Crippen LogP contribution in [0.2, 0.25) is 0 Å². The average molecular weight is 278 g/mol. The van der Waals surface area contributed by atoms with E-state index in [0.29, 0.717) is 5.91 Å². The minimum Gasteiger partial charge on any atom is -0.342 e. The zero-order valence-electron chi connectivity index (χ0n) is 13.0. The molecule has 0 radical (unpaired) electrons. The van der Waals surface area contributed by atoms with Crippen LogP contribution in [0.4, 0.5) is 0 Å². The van der Waals surface area contributed by atoms with Gasteiger partial charge in [0.2, 0.25) is 5.91 Å². The lowest BCUT2D eigenvalue weighted by atomic mass is 9.72. The number of carbonyl (C=O) groups excluding carboxylic acids is 1. The third-order valence-electron chi connectivity index (χ3n) is 6.27. The lowest BCUT2D eigenvalue weighted by Crippen LogP contribution is -2.53. The Labute approximate surface area is 123 Å². The monoisotopic (exact) mass is 278 g/mol. The van der Waals surface area contributed by atoms with Crippen molar-refractivity contribution in [3.05, 3.63) is 0 Å². The van der Waals surface area contributed by atoms with E-state index in [1.54, 1.807) is 0 Å². The summed E-state index contributed by atoms with van der Waals surface area (Å²) in [5, 5.41) is 3.41. The highest BCUT2D eigenvalue weighted by atomic mass is 16.2. The number of carbonyl (C=O) groups is 1. The second kappa shape index (κ2) is 6.05. The van der Waals surface area contributed by atoms with E-state index in [-0.39, 0.29) is 5.41 Å². The van der Waals surface area contributed by atoms with Gasteiger partial charge in [0, 0.05) is 13.1 Å². The van der Waals surface area contributed by atoms with Gasteiger partial charge in [0.05, 0.1) is 5.41 Å². The number of piperidine rings is 2. The number of nitrogens with zero attached hydrogens (tertiary/aromatic N) is 1. The molecule has 1 aliphatic carbocycles. The van der Waals surface area contributed by atoms with Gasteiger partial charge in [-0.25, -0.2) is 0 Å². The average Bonchev–Trinajstić information content (AvgIpc) is 2.54. The minimum absolute atomic E-state index is 0.0489. The minimum atomic E-state index is -0.0489. The van der Waals surface area contributed by atoms with Crippen LogP contribution in [0.1, 0.15) is 58.3 Å². The van der Waals surface area contributed by atoms with Crippen molar-refractivity contribution in [1.29, 1.82) is 0 Å². The van der Waals surface area contributed by atoms with Crippen LogP contribution >= 0.6 is 0 Å². The van der Waals surface area contributed by atoms with Crippen LogP contribution in [0.3, 0.4) is 0 Å². The summed E-state index contributed by atoms with van der Waals surface area (Å²) in [6, 6.07) is 0. The molecule has 0 aromatic heterocycles. The van der Waals surface area contributed by atoms with Gasteiger partial charge in [0.25, 0.3) is 0 Å². The maximum absolute atomic E-state index is 13.1. The van der Waals surface area contributed by atoms with Gasteiger partial charge in [0.1, 0.15) is 0 Å². The number of rotatable bonds is 2. The molecule has 0 spiro atoms. The first-order chi connectivity index (χ1) is 9.75. The van der Waals surface area contributed by atoms with E-state index in [1.807, 2.05) is 0 Å². The van der Waals surface area contributed by atoms with E-state index >= 15 is 0 Å². The summed E-state index contributed by atoms with van der Waals surface area (Å²) in [4.78, 5) is 15.3. The van der Waals surface area contributed by atoms with Crippen LogP contribution in [0.5, 0.6) is 0 Å². The third-order valence-corrected chi connectivity index (χ3v) is 6.27. The summed E-state index contributed by atoms with van der Waals surface area (Å²) in [5.41, 5.74) is -0.0489. The van der Waals surface area contributed by atoms with E-state index < -0.39 is 0 Å². The van der Waals surface area contributed by atoms with Crippen molar-refractivity contribution < 1.29 is 4.79 Å². The van der Waals surface area contributed by atoms with Gasteiger partial charge in [-0.3, -0.25) is 4.79 Å². The molecule has 0 aromatic rings. The molecule has 2 heterocycles. The zero-order valence-corrected chi connectivity index (χ0v) is 13.0. The van der Waals surface area contributed by atoms with Gasteiger partial charge in [-0.15, -0.1) is 0 Å². The van der Waals surface area contributed by atoms with E-state index in [9.17, 15) is 4.79 Å². The molecule has 1 N–H and O–H groups in total. The van der Waals surface area contributed by atoms with Crippen LogP contribution in [-0.4, -0.2) is 37.0 Å². The highest BCUT2D eigenvalue weighted by molar-refractivity contribution is 5.83. The molecule has 2 atom stereocenters. The van der Waals surface area contributed by atoms with Crippen molar-refractivity contribution in [2.24, 2.45) is 17.3 Å². The van der Waals surface area contributed by atoms with Crippen LogP contribution in [0, 0.1) is 17.3 Å². The Morgan fingerprint density at radius 2 is 1.85 bits per heavy atom. The zero-order chi connectivity index (χ0) is 14.0. The fraction of sp³-hybridized carbons (Fsp3) is 0.941. The molecule has 2 unspecified atom stereocenters. The van der Waals surface area contributed by atoms with E-state index in [1.165, 1.54) is 32.1 Å². The molecule has 1 saturated carbocycles. The Hall–Kier alpha value is -0.570. The van der Waals surface area contributed by atoms with Crippen molar-refractivity contribution >= 4 is 5.91 Å². The molecule has 3 nitrogen and oxygen atoms in total. The Bertz CT molecular complexity index is 349. The number of amides is 1. The summed E-state index contributed by atoms with van der Waals surface area (Å²) in [7, 11) is 0. The smallest absolute Gasteiger partial charge is 0.228 e. The summed E-state index contributed by atoms with van der Waals surface area (Å²) < 4.78 is 0. The molecule has 3 rings (SSSR count). The quantitative estimate of drug-likeness (QED) is 0.842. The lowest BCUT2D eigenvalue weighted by Gasteiger charge is -2.46. The normalized spacial score (nSPS) is 33.5. The fourth-order valence-electron chi connectivity index (χ4n) is 4.74. The SMILES string of the molecule is CCC1(C(=O)N2CCC3CCCCC3C2)CCNCC1. The molecular formula is C17H30N2O. The largest absolute Gasteiger partial charge is 0.342 e. The number of nitrogens with one attached hydrogen (secondary N) is 1. The molecule has 3 fully saturated rings. The van der Waals surface area contributed by atoms with Crippen molar-refractivity contribution in [2.75, 3.05) is 26.2 Å². The number of hydrogen-bond donors (Lipinski definition) is 1. The standard InChI is InChI=1S/C17H30N2O/c1-2-17(8-10-18-11-9-17)16(20)19-12-7-14-5-3-4-6-15(14)13-19/h14-15,18H,2-13H2,1H3. The van der Waals surface area contributed by atoms with Gasteiger partial charge in [-0.05, 0) is 57.0 Å². The maximum Gasteiger partial charge on any atom is 0.228 e. The molecule has 2 saturated heterocycles. The molecule has 2 aliphatic heterocycles. The highest BCUT2D eigenvalue weighted by Gasteiger charge is 2.43. The van der Waals surface area contributed by atoms with E-state index in [4.69, 9.17) is 0 Å². The molecular weight excluding hydrogens is 248 g/mol. The lowest BCUT2D eigenvalue weighted by molar-refractivity contribution is -0.147. The number of hydrogen-bond acceptors (Lipinski definition) is 2. The van der Waals surface area contributed by atoms with Crippen LogP contribution in [0.25, 0.3) is 0 Å². The Morgan fingerprint density at radius 3 is 2.55 bits per heavy atom. The molecule has 1 amide bonds. The van der Waals surface area contributed by atoms with Gasteiger partial charge in [0.15, 0.2) is 0 Å². The first-order valence-electron chi connectivity index (χ1n) is 8.75. The van der Waals surface area contributed by atoms with Crippen molar-refractivity contribution in [3.63, 3.8) is 0 Å². The van der Waals surface area contributed by atoms with Gasteiger partial charge in [-0.2, -0.15) is 0 Å². The maximum atomic E-state index is 13.1. The van der Waals surface area contributed by atoms with Gasteiger partial charge in [-0.1, -0.05) is 26.2 Å².